The first-order valence-electron chi connectivity index (χ1n) is 8.05. The Morgan fingerprint density at radius 2 is 2.17 bits per heavy atom. The minimum absolute atomic E-state index is 0.0440. The van der Waals surface area contributed by atoms with Gasteiger partial charge in [-0.1, -0.05) is 12.1 Å². The van der Waals surface area contributed by atoms with Crippen molar-refractivity contribution in [2.45, 2.75) is 32.2 Å². The second-order valence-corrected chi connectivity index (χ2v) is 6.26. The standard InChI is InChI=1S/C18H20FN3O2/c1-12-5-3-7-15(17(12)19)18(24)22-8-4-6-14(22)9-16(23)13-10-20-21(2)11-13/h3,5,7,10-11,14H,4,6,8-9H2,1-2H3. The molecule has 0 N–H and O–H groups in total. The van der Waals surface area contributed by atoms with Crippen molar-refractivity contribution < 1.29 is 14.0 Å². The SMILES string of the molecule is Cc1cccc(C(=O)N2CCCC2CC(=O)c2cnn(C)c2)c1F. The number of hydrogen-bond acceptors (Lipinski definition) is 3. The highest BCUT2D eigenvalue weighted by Gasteiger charge is 2.32. The zero-order valence-corrected chi connectivity index (χ0v) is 13.8. The lowest BCUT2D eigenvalue weighted by Crippen LogP contribution is -2.37. The molecule has 2 heterocycles. The molecule has 1 saturated heterocycles. The molecular formula is C18H20FN3O2. The van der Waals surface area contributed by atoms with E-state index < -0.39 is 5.82 Å². The van der Waals surface area contributed by atoms with E-state index in [2.05, 4.69) is 5.10 Å². The van der Waals surface area contributed by atoms with Gasteiger partial charge < -0.3 is 4.90 Å². The molecule has 1 unspecified atom stereocenters. The van der Waals surface area contributed by atoms with E-state index in [-0.39, 0.29) is 29.7 Å². The first-order valence-corrected chi connectivity index (χ1v) is 8.05. The van der Waals surface area contributed by atoms with Crippen molar-refractivity contribution in [2.75, 3.05) is 6.54 Å². The van der Waals surface area contributed by atoms with Gasteiger partial charge in [-0.2, -0.15) is 5.10 Å². The Balaban J connectivity index is 1.76. The summed E-state index contributed by atoms with van der Waals surface area (Å²) in [4.78, 5) is 26.7. The number of amides is 1. The van der Waals surface area contributed by atoms with Crippen molar-refractivity contribution in [2.24, 2.45) is 7.05 Å². The fourth-order valence-corrected chi connectivity index (χ4v) is 3.18. The number of carbonyl (C=O) groups excluding carboxylic acids is 2. The number of halogens is 1. The molecule has 0 bridgehead atoms. The van der Waals surface area contributed by atoms with Crippen LogP contribution < -0.4 is 0 Å². The number of carbonyl (C=O) groups is 2. The number of aromatic nitrogens is 2. The van der Waals surface area contributed by atoms with Crippen LogP contribution in [0, 0.1) is 12.7 Å². The van der Waals surface area contributed by atoms with Gasteiger partial charge in [0, 0.05) is 32.3 Å². The molecule has 1 atom stereocenters. The number of rotatable bonds is 4. The van der Waals surface area contributed by atoms with Gasteiger partial charge in [0.15, 0.2) is 5.78 Å². The highest BCUT2D eigenvalue weighted by Crippen LogP contribution is 2.25. The topological polar surface area (TPSA) is 55.2 Å². The summed E-state index contributed by atoms with van der Waals surface area (Å²) in [5.41, 5.74) is 1.07. The first kappa shape index (κ1) is 16.4. The minimum Gasteiger partial charge on any atom is -0.335 e. The Labute approximate surface area is 140 Å². The molecule has 0 saturated carbocycles. The molecule has 1 amide bonds. The second kappa shape index (κ2) is 6.55. The van der Waals surface area contributed by atoms with Gasteiger partial charge in [-0.3, -0.25) is 14.3 Å². The van der Waals surface area contributed by atoms with Gasteiger partial charge >= 0.3 is 0 Å². The van der Waals surface area contributed by atoms with Gasteiger partial charge in [0.1, 0.15) is 5.82 Å². The maximum atomic E-state index is 14.2. The second-order valence-electron chi connectivity index (χ2n) is 6.26. The number of ketones is 1. The van der Waals surface area contributed by atoms with Crippen LogP contribution in [0.25, 0.3) is 0 Å². The molecule has 0 radical (unpaired) electrons. The molecule has 6 heteroatoms. The van der Waals surface area contributed by atoms with Crippen LogP contribution in [0.1, 0.15) is 45.5 Å². The zero-order chi connectivity index (χ0) is 17.3. The molecule has 1 aromatic heterocycles. The van der Waals surface area contributed by atoms with E-state index in [0.717, 1.165) is 12.8 Å². The van der Waals surface area contributed by atoms with Gasteiger partial charge in [-0.05, 0) is 31.4 Å². The quantitative estimate of drug-likeness (QED) is 0.811. The smallest absolute Gasteiger partial charge is 0.257 e. The zero-order valence-electron chi connectivity index (χ0n) is 13.8. The van der Waals surface area contributed by atoms with Gasteiger partial charge in [0.25, 0.3) is 5.91 Å². The highest BCUT2D eigenvalue weighted by atomic mass is 19.1. The van der Waals surface area contributed by atoms with Crippen molar-refractivity contribution in [1.29, 1.82) is 0 Å². The summed E-state index contributed by atoms with van der Waals surface area (Å²) in [6.45, 7) is 2.19. The average molecular weight is 329 g/mol. The Hall–Kier alpha value is -2.50. The summed E-state index contributed by atoms with van der Waals surface area (Å²) in [5.74, 6) is -0.859. The van der Waals surface area contributed by atoms with Crippen LogP contribution in [-0.2, 0) is 7.05 Å². The van der Waals surface area contributed by atoms with Crippen LogP contribution in [0.2, 0.25) is 0 Å². The van der Waals surface area contributed by atoms with Crippen molar-refractivity contribution >= 4 is 11.7 Å². The minimum atomic E-state index is -0.480. The Bertz CT molecular complexity index is 784. The number of nitrogens with zero attached hydrogens (tertiary/aromatic N) is 3. The van der Waals surface area contributed by atoms with Crippen LogP contribution >= 0.6 is 0 Å². The normalized spacial score (nSPS) is 17.3. The summed E-state index contributed by atoms with van der Waals surface area (Å²) >= 11 is 0. The van der Waals surface area contributed by atoms with Gasteiger partial charge in [0.2, 0.25) is 0 Å². The molecule has 3 rings (SSSR count). The lowest BCUT2D eigenvalue weighted by molar-refractivity contribution is 0.0712. The lowest BCUT2D eigenvalue weighted by Gasteiger charge is -2.24. The Kier molecular flexibility index (Phi) is 4.46. The summed E-state index contributed by atoms with van der Waals surface area (Å²) in [5, 5.41) is 4.00. The number of likely N-dealkylation sites (tertiary alicyclic amines) is 1. The van der Waals surface area contributed by atoms with Crippen LogP contribution in [0.3, 0.4) is 0 Å². The Morgan fingerprint density at radius 3 is 2.88 bits per heavy atom. The number of benzene rings is 1. The summed E-state index contributed by atoms with van der Waals surface area (Å²) < 4.78 is 15.8. The van der Waals surface area contributed by atoms with Gasteiger partial charge in [-0.15, -0.1) is 0 Å². The third-order valence-corrected chi connectivity index (χ3v) is 4.51. The molecule has 126 valence electrons. The molecule has 1 fully saturated rings. The third-order valence-electron chi connectivity index (χ3n) is 4.51. The van der Waals surface area contributed by atoms with E-state index in [4.69, 9.17) is 0 Å². The molecule has 1 aliphatic heterocycles. The van der Waals surface area contributed by atoms with E-state index in [1.807, 2.05) is 0 Å². The molecule has 5 nitrogen and oxygen atoms in total. The number of hydrogen-bond donors (Lipinski definition) is 0. The van der Waals surface area contributed by atoms with Crippen LogP contribution in [0.5, 0.6) is 0 Å². The summed E-state index contributed by atoms with van der Waals surface area (Å²) in [7, 11) is 1.75. The molecular weight excluding hydrogens is 309 g/mol. The van der Waals surface area contributed by atoms with Gasteiger partial charge in [0.05, 0.1) is 17.3 Å². The Morgan fingerprint density at radius 1 is 1.38 bits per heavy atom. The molecule has 0 aliphatic carbocycles. The average Bonchev–Trinajstić information content (AvgIpc) is 3.18. The predicted molar refractivity (Wildman–Crippen MR) is 87.4 cm³/mol. The highest BCUT2D eigenvalue weighted by molar-refractivity contribution is 5.98. The molecule has 24 heavy (non-hydrogen) atoms. The van der Waals surface area contributed by atoms with Crippen LogP contribution in [0.15, 0.2) is 30.6 Å². The van der Waals surface area contributed by atoms with Crippen molar-refractivity contribution in [3.8, 4) is 0 Å². The summed E-state index contributed by atoms with van der Waals surface area (Å²) in [6, 6.07) is 4.63. The fraction of sp³-hybridized carbons (Fsp3) is 0.389. The van der Waals surface area contributed by atoms with Crippen molar-refractivity contribution in [3.63, 3.8) is 0 Å². The fourth-order valence-electron chi connectivity index (χ4n) is 3.18. The summed E-state index contributed by atoms with van der Waals surface area (Å²) in [6.07, 6.45) is 5.02. The van der Waals surface area contributed by atoms with E-state index in [0.29, 0.717) is 17.7 Å². The van der Waals surface area contributed by atoms with Crippen molar-refractivity contribution in [3.05, 3.63) is 53.1 Å². The molecule has 1 aliphatic rings. The lowest BCUT2D eigenvalue weighted by atomic mass is 10.0. The monoisotopic (exact) mass is 329 g/mol. The predicted octanol–water partition coefficient (Wildman–Crippen LogP) is 2.75. The van der Waals surface area contributed by atoms with Crippen LogP contribution in [0.4, 0.5) is 4.39 Å². The van der Waals surface area contributed by atoms with E-state index in [1.54, 1.807) is 41.9 Å². The van der Waals surface area contributed by atoms with E-state index in [9.17, 15) is 14.0 Å². The third kappa shape index (κ3) is 3.09. The maximum Gasteiger partial charge on any atom is 0.257 e. The molecule has 0 spiro atoms. The first-order chi connectivity index (χ1) is 11.5. The van der Waals surface area contributed by atoms with E-state index >= 15 is 0 Å². The van der Waals surface area contributed by atoms with E-state index in [1.165, 1.54) is 12.3 Å². The van der Waals surface area contributed by atoms with Gasteiger partial charge in [-0.25, -0.2) is 4.39 Å². The number of aryl methyl sites for hydroxylation is 2. The molecule has 1 aromatic carbocycles. The maximum absolute atomic E-state index is 14.2. The van der Waals surface area contributed by atoms with Crippen LogP contribution in [-0.4, -0.2) is 39.0 Å². The number of Topliss-reactive ketones (excluding diaryl/α,β-unsaturated/α-hetero) is 1. The van der Waals surface area contributed by atoms with Crippen molar-refractivity contribution in [1.82, 2.24) is 14.7 Å². The largest absolute Gasteiger partial charge is 0.335 e. The molecule has 2 aromatic rings.